The molecule has 1 heterocycles. The zero-order valence-electron chi connectivity index (χ0n) is 14.5. The highest BCUT2D eigenvalue weighted by Crippen LogP contribution is 2.29. The number of phenolic OH excluding ortho intramolecular Hbond substituents is 1. The Kier molecular flexibility index (Phi) is 4.67. The van der Waals surface area contributed by atoms with Gasteiger partial charge in [0.05, 0.1) is 5.69 Å². The summed E-state index contributed by atoms with van der Waals surface area (Å²) in [6.45, 7) is 0. The fraction of sp³-hybridized carbons (Fsp3) is 0. The minimum Gasteiger partial charge on any atom is -0.508 e. The van der Waals surface area contributed by atoms with Gasteiger partial charge in [0.1, 0.15) is 23.1 Å². The van der Waals surface area contributed by atoms with Crippen LogP contribution in [0.4, 0.5) is 10.1 Å². The normalized spacial score (nSPS) is 15.2. The summed E-state index contributed by atoms with van der Waals surface area (Å²) in [5, 5.41) is 10.1. The summed E-state index contributed by atoms with van der Waals surface area (Å²) in [4.78, 5) is 19.0. The van der Waals surface area contributed by atoms with Crippen LogP contribution < -0.4 is 4.90 Å². The van der Waals surface area contributed by atoms with Crippen LogP contribution in [0.25, 0.3) is 6.08 Å². The van der Waals surface area contributed by atoms with Crippen molar-refractivity contribution in [2.24, 2.45) is 4.99 Å². The highest BCUT2D eigenvalue weighted by Gasteiger charge is 2.32. The number of carbonyl (C=O) groups excluding carboxylic acids is 1. The second-order valence-electron chi connectivity index (χ2n) is 6.15. The predicted molar refractivity (Wildman–Crippen MR) is 108 cm³/mol. The molecule has 0 fully saturated rings. The average Bonchev–Trinajstić information content (AvgIpc) is 3.01. The molecule has 3 aromatic carbocycles. The van der Waals surface area contributed by atoms with Crippen molar-refractivity contribution >= 4 is 35.1 Å². The van der Waals surface area contributed by atoms with Crippen molar-refractivity contribution in [2.45, 2.75) is 0 Å². The number of nitrogens with zero attached hydrogens (tertiary/aromatic N) is 2. The molecular weight excluding hydrogens is 379 g/mol. The number of phenols is 1. The lowest BCUT2D eigenvalue weighted by atomic mass is 10.1. The van der Waals surface area contributed by atoms with E-state index in [0.29, 0.717) is 22.1 Å². The number of rotatable bonds is 3. The lowest BCUT2D eigenvalue weighted by Gasteiger charge is -2.18. The Hall–Kier alpha value is -3.44. The van der Waals surface area contributed by atoms with Crippen molar-refractivity contribution in [3.63, 3.8) is 0 Å². The Bertz CT molecular complexity index is 1110. The van der Waals surface area contributed by atoms with E-state index in [0.717, 1.165) is 0 Å². The molecule has 1 N–H and O–H groups in total. The molecule has 0 saturated heterocycles. The molecule has 3 aromatic rings. The molecule has 0 saturated carbocycles. The van der Waals surface area contributed by atoms with Crippen LogP contribution in [-0.4, -0.2) is 16.8 Å². The number of aromatic hydroxyl groups is 1. The maximum Gasteiger partial charge on any atom is 0.282 e. The van der Waals surface area contributed by atoms with Crippen molar-refractivity contribution in [1.29, 1.82) is 0 Å². The number of carbonyl (C=O) groups is 1. The number of anilines is 1. The van der Waals surface area contributed by atoms with Gasteiger partial charge in [-0.25, -0.2) is 9.38 Å². The third kappa shape index (κ3) is 3.40. The minimum absolute atomic E-state index is 0.0856. The van der Waals surface area contributed by atoms with E-state index in [9.17, 15) is 14.3 Å². The zero-order valence-corrected chi connectivity index (χ0v) is 15.3. The van der Waals surface area contributed by atoms with Crippen LogP contribution in [0.3, 0.4) is 0 Å². The summed E-state index contributed by atoms with van der Waals surface area (Å²) in [6.07, 6.45) is 1.42. The number of benzene rings is 3. The van der Waals surface area contributed by atoms with Gasteiger partial charge in [0, 0.05) is 16.1 Å². The van der Waals surface area contributed by atoms with Crippen LogP contribution in [0.1, 0.15) is 11.1 Å². The van der Waals surface area contributed by atoms with Gasteiger partial charge in [-0.15, -0.1) is 0 Å². The Morgan fingerprint density at radius 3 is 2.32 bits per heavy atom. The molecule has 0 aliphatic carbocycles. The molecule has 4 nitrogen and oxygen atoms in total. The van der Waals surface area contributed by atoms with Crippen LogP contribution in [0.15, 0.2) is 83.5 Å². The quantitative estimate of drug-likeness (QED) is 0.636. The SMILES string of the molecule is O=C1/C(=C\c2ccccc2F)N=C(c2ccc(Cl)cc2)N1c1ccc(O)cc1. The summed E-state index contributed by atoms with van der Waals surface area (Å²) < 4.78 is 14.0. The van der Waals surface area contributed by atoms with E-state index in [2.05, 4.69) is 4.99 Å². The van der Waals surface area contributed by atoms with Gasteiger partial charge in [-0.2, -0.15) is 0 Å². The van der Waals surface area contributed by atoms with E-state index in [4.69, 9.17) is 11.6 Å². The van der Waals surface area contributed by atoms with Gasteiger partial charge in [0.15, 0.2) is 0 Å². The Morgan fingerprint density at radius 2 is 1.64 bits per heavy atom. The highest BCUT2D eigenvalue weighted by atomic mass is 35.5. The summed E-state index contributed by atoms with van der Waals surface area (Å²) in [5.74, 6) is -0.342. The number of amides is 1. The molecule has 0 bridgehead atoms. The number of hydrogen-bond acceptors (Lipinski definition) is 3. The smallest absolute Gasteiger partial charge is 0.282 e. The van der Waals surface area contributed by atoms with Crippen LogP contribution in [0.2, 0.25) is 5.02 Å². The van der Waals surface area contributed by atoms with Gasteiger partial charge in [0.2, 0.25) is 0 Å². The first kappa shape index (κ1) is 17.9. The molecule has 4 rings (SSSR count). The van der Waals surface area contributed by atoms with Crippen LogP contribution in [0, 0.1) is 5.82 Å². The van der Waals surface area contributed by atoms with Crippen LogP contribution in [-0.2, 0) is 4.79 Å². The number of hydrogen-bond donors (Lipinski definition) is 1. The maximum atomic E-state index is 14.0. The van der Waals surface area contributed by atoms with Gasteiger partial charge >= 0.3 is 0 Å². The fourth-order valence-corrected chi connectivity index (χ4v) is 3.02. The van der Waals surface area contributed by atoms with Gasteiger partial charge in [0.25, 0.3) is 5.91 Å². The Balaban J connectivity index is 1.84. The monoisotopic (exact) mass is 392 g/mol. The lowest BCUT2D eigenvalue weighted by Crippen LogP contribution is -2.32. The van der Waals surface area contributed by atoms with Crippen LogP contribution >= 0.6 is 11.6 Å². The third-order valence-corrected chi connectivity index (χ3v) is 4.52. The maximum absolute atomic E-state index is 14.0. The molecule has 0 radical (unpaired) electrons. The average molecular weight is 393 g/mol. The summed E-state index contributed by atoms with van der Waals surface area (Å²) in [5.41, 5.74) is 1.61. The molecule has 0 aromatic heterocycles. The van der Waals surface area contributed by atoms with Crippen molar-refractivity contribution in [1.82, 2.24) is 0 Å². The topological polar surface area (TPSA) is 52.9 Å². The lowest BCUT2D eigenvalue weighted by molar-refractivity contribution is -0.113. The Morgan fingerprint density at radius 1 is 0.964 bits per heavy atom. The molecule has 0 atom stereocenters. The zero-order chi connectivity index (χ0) is 19.7. The third-order valence-electron chi connectivity index (χ3n) is 4.27. The number of amidine groups is 1. The summed E-state index contributed by atoms with van der Waals surface area (Å²) >= 11 is 5.97. The first-order valence-corrected chi connectivity index (χ1v) is 8.85. The van der Waals surface area contributed by atoms with Crippen LogP contribution in [0.5, 0.6) is 5.75 Å². The van der Waals surface area contributed by atoms with Crippen molar-refractivity contribution in [3.8, 4) is 5.75 Å². The molecule has 1 aliphatic rings. The van der Waals surface area contributed by atoms with Crippen molar-refractivity contribution in [2.75, 3.05) is 4.90 Å². The number of halogens is 2. The van der Waals surface area contributed by atoms with E-state index in [1.54, 1.807) is 54.6 Å². The molecule has 1 aliphatic heterocycles. The van der Waals surface area contributed by atoms with E-state index in [1.807, 2.05) is 0 Å². The van der Waals surface area contributed by atoms with Crippen molar-refractivity contribution in [3.05, 3.63) is 100 Å². The molecule has 6 heteroatoms. The fourth-order valence-electron chi connectivity index (χ4n) is 2.89. The van der Waals surface area contributed by atoms with Gasteiger partial charge in [-0.1, -0.05) is 29.8 Å². The van der Waals surface area contributed by atoms with Gasteiger partial charge < -0.3 is 5.11 Å². The summed E-state index contributed by atoms with van der Waals surface area (Å²) in [7, 11) is 0. The molecule has 28 heavy (non-hydrogen) atoms. The first-order valence-electron chi connectivity index (χ1n) is 8.47. The van der Waals surface area contributed by atoms with E-state index >= 15 is 0 Å². The molecule has 0 spiro atoms. The van der Waals surface area contributed by atoms with E-state index in [-0.39, 0.29) is 22.9 Å². The summed E-state index contributed by atoms with van der Waals surface area (Å²) in [6, 6.07) is 19.3. The molecular formula is C22H14ClFN2O2. The largest absolute Gasteiger partial charge is 0.508 e. The number of aliphatic imine (C=N–C) groups is 1. The van der Waals surface area contributed by atoms with Gasteiger partial charge in [-0.3, -0.25) is 9.69 Å². The van der Waals surface area contributed by atoms with Gasteiger partial charge in [-0.05, 0) is 60.7 Å². The predicted octanol–water partition coefficient (Wildman–Crippen LogP) is 5.02. The van der Waals surface area contributed by atoms with Crippen molar-refractivity contribution < 1.29 is 14.3 Å². The van der Waals surface area contributed by atoms with E-state index < -0.39 is 5.82 Å². The Labute approximate surface area is 165 Å². The first-order chi connectivity index (χ1) is 13.5. The molecule has 138 valence electrons. The van der Waals surface area contributed by atoms with E-state index in [1.165, 1.54) is 29.2 Å². The second kappa shape index (κ2) is 7.29. The molecule has 0 unspecified atom stereocenters. The standard InChI is InChI=1S/C22H14ClFN2O2/c23-16-7-5-14(6-8-16)21-25-20(13-15-3-1-2-4-19(15)24)22(28)26(21)17-9-11-18(27)12-10-17/h1-13,27H/b20-13+. The second-order valence-corrected chi connectivity index (χ2v) is 6.59. The minimum atomic E-state index is -0.436. The highest BCUT2D eigenvalue weighted by molar-refractivity contribution is 6.34. The molecule has 1 amide bonds.